The van der Waals surface area contributed by atoms with Gasteiger partial charge in [0, 0.05) is 36.6 Å². The minimum atomic E-state index is 0.763. The van der Waals surface area contributed by atoms with Crippen molar-refractivity contribution in [2.75, 3.05) is 12.0 Å². The fourth-order valence-corrected chi connectivity index (χ4v) is 3.92. The lowest BCUT2D eigenvalue weighted by molar-refractivity contribution is 0.414. The van der Waals surface area contributed by atoms with Gasteiger partial charge in [0.1, 0.15) is 5.75 Å². The molecule has 2 heterocycles. The molecule has 2 aromatic carbocycles. The Bertz CT molecular complexity index is 1040. The molecule has 4 rings (SSSR count). The van der Waals surface area contributed by atoms with Crippen LogP contribution in [0.25, 0.3) is 5.69 Å². The van der Waals surface area contributed by atoms with Crippen LogP contribution >= 0.6 is 11.3 Å². The second kappa shape index (κ2) is 8.27. The quantitative estimate of drug-likeness (QED) is 0.452. The second-order valence-corrected chi connectivity index (χ2v) is 7.46. The molecule has 0 spiro atoms. The van der Waals surface area contributed by atoms with E-state index in [4.69, 9.17) is 9.72 Å². The lowest BCUT2D eigenvalue weighted by Crippen LogP contribution is -2.22. The SMILES string of the molecule is COc1cccc(CN(Cc2cccc(-n3ccnc3)c2)c2nc(C)cs2)c1. The zero-order chi connectivity index (χ0) is 19.3. The van der Waals surface area contributed by atoms with Gasteiger partial charge in [-0.3, -0.25) is 0 Å². The fraction of sp³-hybridized carbons (Fsp3) is 0.182. The molecule has 0 atom stereocenters. The van der Waals surface area contributed by atoms with E-state index in [1.165, 1.54) is 11.1 Å². The molecule has 0 aliphatic rings. The first-order valence-electron chi connectivity index (χ1n) is 9.08. The second-order valence-electron chi connectivity index (χ2n) is 6.62. The first-order valence-corrected chi connectivity index (χ1v) is 9.96. The molecule has 6 heteroatoms. The Balaban J connectivity index is 1.62. The monoisotopic (exact) mass is 390 g/mol. The van der Waals surface area contributed by atoms with Gasteiger partial charge in [-0.25, -0.2) is 9.97 Å². The van der Waals surface area contributed by atoms with Gasteiger partial charge in [-0.05, 0) is 42.3 Å². The van der Waals surface area contributed by atoms with Gasteiger partial charge < -0.3 is 14.2 Å². The summed E-state index contributed by atoms with van der Waals surface area (Å²) in [6.07, 6.45) is 5.56. The van der Waals surface area contributed by atoms with Gasteiger partial charge >= 0.3 is 0 Å². The predicted molar refractivity (Wildman–Crippen MR) is 113 cm³/mol. The van der Waals surface area contributed by atoms with Crippen LogP contribution in [0.15, 0.2) is 72.6 Å². The molecule has 5 nitrogen and oxygen atoms in total. The molecule has 0 amide bonds. The van der Waals surface area contributed by atoms with Gasteiger partial charge in [0.15, 0.2) is 5.13 Å². The number of hydrogen-bond acceptors (Lipinski definition) is 5. The largest absolute Gasteiger partial charge is 0.497 e. The van der Waals surface area contributed by atoms with Crippen molar-refractivity contribution in [1.82, 2.24) is 14.5 Å². The van der Waals surface area contributed by atoms with Gasteiger partial charge in [-0.15, -0.1) is 11.3 Å². The molecule has 0 aliphatic carbocycles. The Hall–Kier alpha value is -3.12. The Morgan fingerprint density at radius 2 is 1.86 bits per heavy atom. The maximum atomic E-state index is 5.38. The molecule has 0 saturated carbocycles. The summed E-state index contributed by atoms with van der Waals surface area (Å²) in [6.45, 7) is 3.57. The molecule has 0 N–H and O–H groups in total. The zero-order valence-corrected chi connectivity index (χ0v) is 16.8. The summed E-state index contributed by atoms with van der Waals surface area (Å²) in [5.74, 6) is 0.870. The van der Waals surface area contributed by atoms with Gasteiger partial charge in [-0.2, -0.15) is 0 Å². The van der Waals surface area contributed by atoms with Crippen LogP contribution in [0.4, 0.5) is 5.13 Å². The highest BCUT2D eigenvalue weighted by molar-refractivity contribution is 7.13. The van der Waals surface area contributed by atoms with E-state index < -0.39 is 0 Å². The summed E-state index contributed by atoms with van der Waals surface area (Å²) in [5, 5.41) is 3.11. The van der Waals surface area contributed by atoms with Crippen molar-refractivity contribution in [2.24, 2.45) is 0 Å². The Labute approximate surface area is 168 Å². The minimum absolute atomic E-state index is 0.763. The van der Waals surface area contributed by atoms with Crippen molar-refractivity contribution in [1.29, 1.82) is 0 Å². The molecule has 0 fully saturated rings. The van der Waals surface area contributed by atoms with E-state index in [0.717, 1.165) is 35.4 Å². The normalized spacial score (nSPS) is 10.8. The average molecular weight is 391 g/mol. The van der Waals surface area contributed by atoms with Crippen LogP contribution in [-0.2, 0) is 13.1 Å². The van der Waals surface area contributed by atoms with Crippen molar-refractivity contribution in [3.63, 3.8) is 0 Å². The zero-order valence-electron chi connectivity index (χ0n) is 15.9. The topological polar surface area (TPSA) is 43.2 Å². The first-order chi connectivity index (χ1) is 13.7. The number of rotatable bonds is 7. The number of ether oxygens (including phenoxy) is 1. The predicted octanol–water partition coefficient (Wildman–Crippen LogP) is 4.85. The molecule has 0 saturated heterocycles. The minimum Gasteiger partial charge on any atom is -0.497 e. The van der Waals surface area contributed by atoms with Gasteiger partial charge in [-0.1, -0.05) is 24.3 Å². The van der Waals surface area contributed by atoms with E-state index in [1.54, 1.807) is 24.6 Å². The molecule has 0 aliphatic heterocycles. The lowest BCUT2D eigenvalue weighted by Gasteiger charge is -2.23. The van der Waals surface area contributed by atoms with Gasteiger partial charge in [0.25, 0.3) is 0 Å². The number of methoxy groups -OCH3 is 1. The van der Waals surface area contributed by atoms with Gasteiger partial charge in [0.05, 0.1) is 19.1 Å². The van der Waals surface area contributed by atoms with Crippen molar-refractivity contribution >= 4 is 16.5 Å². The van der Waals surface area contributed by atoms with Crippen LogP contribution in [-0.4, -0.2) is 21.6 Å². The van der Waals surface area contributed by atoms with Crippen molar-refractivity contribution in [3.05, 3.63) is 89.5 Å². The Morgan fingerprint density at radius 3 is 2.54 bits per heavy atom. The van der Waals surface area contributed by atoms with E-state index >= 15 is 0 Å². The van der Waals surface area contributed by atoms with Crippen LogP contribution < -0.4 is 9.64 Å². The summed E-state index contributed by atoms with van der Waals surface area (Å²) in [6, 6.07) is 16.7. The smallest absolute Gasteiger partial charge is 0.186 e. The molecule has 0 unspecified atom stereocenters. The number of aromatic nitrogens is 3. The van der Waals surface area contributed by atoms with Crippen LogP contribution in [0.5, 0.6) is 5.75 Å². The van der Waals surface area contributed by atoms with Crippen LogP contribution in [0.1, 0.15) is 16.8 Å². The summed E-state index contributed by atoms with van der Waals surface area (Å²) in [5.41, 5.74) is 4.56. The number of thiazole rings is 1. The first kappa shape index (κ1) is 18.3. The van der Waals surface area contributed by atoms with Crippen LogP contribution in [0.2, 0.25) is 0 Å². The molecule has 0 radical (unpaired) electrons. The van der Waals surface area contributed by atoms with Gasteiger partial charge in [0.2, 0.25) is 0 Å². The summed E-state index contributed by atoms with van der Waals surface area (Å²) in [4.78, 5) is 11.2. The third-order valence-corrected chi connectivity index (χ3v) is 5.49. The molecule has 2 aromatic heterocycles. The molecular formula is C22H22N4OS. The van der Waals surface area contributed by atoms with E-state index in [-0.39, 0.29) is 0 Å². The number of benzene rings is 2. The maximum Gasteiger partial charge on any atom is 0.186 e. The molecule has 0 bridgehead atoms. The highest BCUT2D eigenvalue weighted by atomic mass is 32.1. The van der Waals surface area contributed by atoms with E-state index in [9.17, 15) is 0 Å². The summed E-state index contributed by atoms with van der Waals surface area (Å²) >= 11 is 1.68. The number of aryl methyl sites for hydroxylation is 1. The standard InChI is InChI=1S/C22H22N4OS/c1-17-15-28-22(24-17)26(14-19-6-4-8-21(12-19)27-2)13-18-5-3-7-20(11-18)25-10-9-23-16-25/h3-12,15-16H,13-14H2,1-2H3. The molecule has 4 aromatic rings. The lowest BCUT2D eigenvalue weighted by atomic mass is 10.1. The van der Waals surface area contributed by atoms with Crippen molar-refractivity contribution in [2.45, 2.75) is 20.0 Å². The molecular weight excluding hydrogens is 368 g/mol. The van der Waals surface area contributed by atoms with E-state index in [0.29, 0.717) is 0 Å². The average Bonchev–Trinajstić information content (AvgIpc) is 3.40. The fourth-order valence-electron chi connectivity index (χ4n) is 3.12. The van der Waals surface area contributed by atoms with Crippen molar-refractivity contribution in [3.8, 4) is 11.4 Å². The maximum absolute atomic E-state index is 5.38. The Kier molecular flexibility index (Phi) is 5.39. The summed E-state index contributed by atoms with van der Waals surface area (Å²) in [7, 11) is 1.70. The number of hydrogen-bond donors (Lipinski definition) is 0. The van der Waals surface area contributed by atoms with Crippen molar-refractivity contribution < 1.29 is 4.74 Å². The third-order valence-electron chi connectivity index (χ3n) is 4.47. The number of imidazole rings is 1. The Morgan fingerprint density at radius 1 is 1.07 bits per heavy atom. The van der Waals surface area contributed by atoms with E-state index in [2.05, 4.69) is 51.7 Å². The van der Waals surface area contributed by atoms with Crippen LogP contribution in [0, 0.1) is 6.92 Å². The molecule has 28 heavy (non-hydrogen) atoms. The number of nitrogens with zero attached hydrogens (tertiary/aromatic N) is 4. The summed E-state index contributed by atoms with van der Waals surface area (Å²) < 4.78 is 7.40. The third kappa shape index (κ3) is 4.23. The number of anilines is 1. The van der Waals surface area contributed by atoms with Crippen LogP contribution in [0.3, 0.4) is 0 Å². The van der Waals surface area contributed by atoms with E-state index in [1.807, 2.05) is 36.1 Å². The highest BCUT2D eigenvalue weighted by Gasteiger charge is 2.13. The highest BCUT2D eigenvalue weighted by Crippen LogP contribution is 2.26. The molecule has 142 valence electrons.